The number of hydrogen-bond acceptors (Lipinski definition) is 6. The summed E-state index contributed by atoms with van der Waals surface area (Å²) in [6.07, 6.45) is 1.53. The highest BCUT2D eigenvalue weighted by molar-refractivity contribution is 7.86. The van der Waals surface area contributed by atoms with Crippen LogP contribution in [0.15, 0.2) is 59.5 Å². The van der Waals surface area contributed by atoms with Crippen molar-refractivity contribution in [2.75, 3.05) is 13.2 Å². The Labute approximate surface area is 200 Å². The van der Waals surface area contributed by atoms with E-state index in [-0.39, 0.29) is 17.0 Å². The van der Waals surface area contributed by atoms with E-state index in [0.29, 0.717) is 5.56 Å². The fraction of sp³-hybridized carbons (Fsp3) is 0.500. The zero-order chi connectivity index (χ0) is 25.3. The third-order valence-corrected chi connectivity index (χ3v) is 5.70. The SMILES string of the molecule is CCCC.CCOC(C)OCC.Cc1ccc(S(=O)(=O)OC(C)C(=O)c2ccccc2)cc1. The van der Waals surface area contributed by atoms with Gasteiger partial charge in [0.25, 0.3) is 10.1 Å². The molecule has 0 aliphatic rings. The lowest BCUT2D eigenvalue weighted by atomic mass is 10.1. The number of carbonyl (C=O) groups is 1. The van der Waals surface area contributed by atoms with E-state index in [1.54, 1.807) is 42.5 Å². The number of ether oxygens (including phenoxy) is 2. The Kier molecular flexibility index (Phi) is 16.3. The molecule has 0 heterocycles. The van der Waals surface area contributed by atoms with Gasteiger partial charge in [-0.1, -0.05) is 74.7 Å². The molecule has 0 fully saturated rings. The largest absolute Gasteiger partial charge is 0.353 e. The maximum atomic E-state index is 12.1. The molecule has 0 aromatic heterocycles. The molecule has 0 amide bonds. The Morgan fingerprint density at radius 1 is 0.818 bits per heavy atom. The molecule has 0 aliphatic carbocycles. The van der Waals surface area contributed by atoms with Crippen LogP contribution in [0.25, 0.3) is 0 Å². The number of hydrogen-bond donors (Lipinski definition) is 0. The molecule has 1 atom stereocenters. The van der Waals surface area contributed by atoms with Crippen LogP contribution in [0.2, 0.25) is 0 Å². The normalized spacial score (nSPS) is 11.6. The van der Waals surface area contributed by atoms with Crippen molar-refractivity contribution < 1.29 is 26.9 Å². The zero-order valence-corrected chi connectivity index (χ0v) is 21.9. The van der Waals surface area contributed by atoms with E-state index in [1.165, 1.54) is 31.9 Å². The van der Waals surface area contributed by atoms with Crippen molar-refractivity contribution in [2.24, 2.45) is 0 Å². The molecular weight excluding hydrogens is 440 g/mol. The van der Waals surface area contributed by atoms with E-state index < -0.39 is 16.2 Å². The first-order valence-corrected chi connectivity index (χ1v) is 12.9. The minimum atomic E-state index is -3.95. The molecule has 0 radical (unpaired) electrons. The van der Waals surface area contributed by atoms with Crippen LogP contribution < -0.4 is 0 Å². The van der Waals surface area contributed by atoms with E-state index in [1.807, 2.05) is 27.7 Å². The molecule has 7 heteroatoms. The van der Waals surface area contributed by atoms with Crippen molar-refractivity contribution >= 4 is 15.9 Å². The van der Waals surface area contributed by atoms with E-state index in [9.17, 15) is 13.2 Å². The number of unbranched alkanes of at least 4 members (excludes halogenated alkanes) is 1. The van der Waals surface area contributed by atoms with Crippen molar-refractivity contribution in [1.29, 1.82) is 0 Å². The summed E-state index contributed by atoms with van der Waals surface area (Å²) in [6.45, 7) is 14.9. The quantitative estimate of drug-likeness (QED) is 0.229. The summed E-state index contributed by atoms with van der Waals surface area (Å²) in [7, 11) is -3.95. The molecule has 2 aromatic carbocycles. The van der Waals surface area contributed by atoms with Gasteiger partial charge in [-0.2, -0.15) is 8.42 Å². The summed E-state index contributed by atoms with van der Waals surface area (Å²) in [6, 6.07) is 14.8. The van der Waals surface area contributed by atoms with Gasteiger partial charge in [0.15, 0.2) is 12.1 Å². The molecule has 0 N–H and O–H groups in total. The van der Waals surface area contributed by atoms with Crippen LogP contribution in [0.5, 0.6) is 0 Å². The summed E-state index contributed by atoms with van der Waals surface area (Å²) in [4.78, 5) is 12.2. The molecule has 0 bridgehead atoms. The van der Waals surface area contributed by atoms with Gasteiger partial charge >= 0.3 is 0 Å². The van der Waals surface area contributed by atoms with Crippen LogP contribution >= 0.6 is 0 Å². The molecule has 33 heavy (non-hydrogen) atoms. The van der Waals surface area contributed by atoms with Crippen LogP contribution in [0.3, 0.4) is 0 Å². The van der Waals surface area contributed by atoms with Gasteiger partial charge in [0.1, 0.15) is 6.10 Å². The smallest absolute Gasteiger partial charge is 0.297 e. The van der Waals surface area contributed by atoms with E-state index >= 15 is 0 Å². The van der Waals surface area contributed by atoms with Crippen molar-refractivity contribution in [3.8, 4) is 0 Å². The molecule has 0 saturated heterocycles. The van der Waals surface area contributed by atoms with E-state index in [2.05, 4.69) is 13.8 Å². The maximum absolute atomic E-state index is 12.1. The number of benzene rings is 2. The van der Waals surface area contributed by atoms with Gasteiger partial charge in [-0.25, -0.2) is 0 Å². The highest BCUT2D eigenvalue weighted by Crippen LogP contribution is 2.17. The average molecular weight is 481 g/mol. The fourth-order valence-electron chi connectivity index (χ4n) is 2.35. The molecule has 2 aromatic rings. The number of Topliss-reactive ketones (excluding diaryl/α,β-unsaturated/α-hetero) is 1. The van der Waals surface area contributed by atoms with Crippen molar-refractivity contribution in [3.63, 3.8) is 0 Å². The van der Waals surface area contributed by atoms with Crippen molar-refractivity contribution in [3.05, 3.63) is 65.7 Å². The molecule has 0 aliphatic heterocycles. The van der Waals surface area contributed by atoms with Crippen LogP contribution in [-0.4, -0.2) is 39.8 Å². The Morgan fingerprint density at radius 2 is 1.30 bits per heavy atom. The predicted molar refractivity (Wildman–Crippen MR) is 133 cm³/mol. The molecule has 0 saturated carbocycles. The minimum absolute atomic E-state index is 0.0370. The van der Waals surface area contributed by atoms with Gasteiger partial charge < -0.3 is 9.47 Å². The second kappa shape index (κ2) is 17.4. The fourth-order valence-corrected chi connectivity index (χ4v) is 3.40. The lowest BCUT2D eigenvalue weighted by Gasteiger charge is -2.12. The number of carbonyl (C=O) groups excluding carboxylic acids is 1. The van der Waals surface area contributed by atoms with Crippen molar-refractivity contribution in [1.82, 2.24) is 0 Å². The molecule has 6 nitrogen and oxygen atoms in total. The van der Waals surface area contributed by atoms with Crippen LogP contribution in [0.1, 0.15) is 70.3 Å². The topological polar surface area (TPSA) is 78.9 Å². The maximum Gasteiger partial charge on any atom is 0.297 e. The molecular formula is C26H40O6S. The monoisotopic (exact) mass is 480 g/mol. The van der Waals surface area contributed by atoms with Crippen LogP contribution in [0, 0.1) is 6.92 Å². The Balaban J connectivity index is 0.000000709. The summed E-state index contributed by atoms with van der Waals surface area (Å²) >= 11 is 0. The first-order valence-electron chi connectivity index (χ1n) is 11.4. The summed E-state index contributed by atoms with van der Waals surface area (Å²) in [5, 5.41) is 0. The van der Waals surface area contributed by atoms with E-state index in [4.69, 9.17) is 13.7 Å². The highest BCUT2D eigenvalue weighted by atomic mass is 32.2. The summed E-state index contributed by atoms with van der Waals surface area (Å²) in [5.41, 5.74) is 1.37. The molecule has 0 spiro atoms. The second-order valence-electron chi connectivity index (χ2n) is 7.21. The van der Waals surface area contributed by atoms with Gasteiger partial charge in [0, 0.05) is 18.8 Å². The van der Waals surface area contributed by atoms with Crippen LogP contribution in [0.4, 0.5) is 0 Å². The summed E-state index contributed by atoms with van der Waals surface area (Å²) < 4.78 is 39.4. The van der Waals surface area contributed by atoms with Gasteiger partial charge in [-0.15, -0.1) is 0 Å². The lowest BCUT2D eigenvalue weighted by molar-refractivity contribution is -0.123. The third kappa shape index (κ3) is 13.3. The first-order chi connectivity index (χ1) is 15.6. The van der Waals surface area contributed by atoms with Gasteiger partial charge in [0.2, 0.25) is 0 Å². The number of rotatable bonds is 10. The Morgan fingerprint density at radius 3 is 1.73 bits per heavy atom. The van der Waals surface area contributed by atoms with Crippen molar-refractivity contribution in [2.45, 2.75) is 78.6 Å². The molecule has 2 rings (SSSR count). The van der Waals surface area contributed by atoms with Gasteiger partial charge in [-0.3, -0.25) is 8.98 Å². The standard InChI is InChI=1S/C16H16O4S.C6H14O2.C4H10/c1-12-8-10-15(11-9-12)21(18,19)20-13(2)16(17)14-6-4-3-5-7-14;1-4-7-6(3)8-5-2;1-3-4-2/h3-11,13H,1-2H3;6H,4-5H2,1-3H3;3-4H2,1-2H3. The Bertz CT molecular complexity index is 855. The highest BCUT2D eigenvalue weighted by Gasteiger charge is 2.24. The molecule has 186 valence electrons. The number of ketones is 1. The lowest BCUT2D eigenvalue weighted by Crippen LogP contribution is -2.24. The Hall–Kier alpha value is -2.06. The second-order valence-corrected chi connectivity index (χ2v) is 8.79. The minimum Gasteiger partial charge on any atom is -0.353 e. The average Bonchev–Trinajstić information content (AvgIpc) is 2.80. The third-order valence-electron chi connectivity index (χ3n) is 4.31. The van der Waals surface area contributed by atoms with Gasteiger partial charge in [0.05, 0.1) is 4.90 Å². The van der Waals surface area contributed by atoms with E-state index in [0.717, 1.165) is 18.8 Å². The molecule has 1 unspecified atom stereocenters. The van der Waals surface area contributed by atoms with Crippen LogP contribution in [-0.2, 0) is 23.8 Å². The predicted octanol–water partition coefficient (Wildman–Crippen LogP) is 6.18. The number of aryl methyl sites for hydroxylation is 1. The first kappa shape index (κ1) is 30.9. The zero-order valence-electron chi connectivity index (χ0n) is 21.0. The summed E-state index contributed by atoms with van der Waals surface area (Å²) in [5.74, 6) is -0.369. The van der Waals surface area contributed by atoms with Gasteiger partial charge in [-0.05, 0) is 46.8 Å².